The molecule has 0 radical (unpaired) electrons. The largest absolute Gasteiger partial charge is 0.385 e. The van der Waals surface area contributed by atoms with Gasteiger partial charge in [0.05, 0.1) is 10.5 Å². The molecule has 2 aromatic rings. The van der Waals surface area contributed by atoms with Gasteiger partial charge in [0, 0.05) is 25.2 Å². The molecule has 4 nitrogen and oxygen atoms in total. The summed E-state index contributed by atoms with van der Waals surface area (Å²) < 4.78 is 5.04. The molecule has 0 spiro atoms. The first kappa shape index (κ1) is 17.5. The van der Waals surface area contributed by atoms with E-state index < -0.39 is 0 Å². The zero-order valence-electron chi connectivity index (χ0n) is 14.0. The maximum absolute atomic E-state index is 12.9. The molecule has 1 aliphatic rings. The Bertz CT molecular complexity index is 787. The lowest BCUT2D eigenvalue weighted by atomic mass is 10.1. The van der Waals surface area contributed by atoms with Crippen molar-refractivity contribution in [3.8, 4) is 0 Å². The first-order chi connectivity index (χ1) is 12.2. The third-order valence-corrected chi connectivity index (χ3v) is 4.97. The molecule has 0 aromatic heterocycles. The molecule has 5 heteroatoms. The second-order valence-corrected chi connectivity index (χ2v) is 6.68. The van der Waals surface area contributed by atoms with E-state index in [2.05, 4.69) is 0 Å². The van der Waals surface area contributed by atoms with Crippen LogP contribution >= 0.6 is 11.8 Å². The van der Waals surface area contributed by atoms with Crippen LogP contribution in [0.3, 0.4) is 0 Å². The molecule has 0 saturated heterocycles. The number of carbonyl (C=O) groups is 2. The van der Waals surface area contributed by atoms with Crippen molar-refractivity contribution in [3.63, 3.8) is 0 Å². The Hall–Kier alpha value is -2.37. The van der Waals surface area contributed by atoms with Gasteiger partial charge in [-0.05, 0) is 24.1 Å². The number of methoxy groups -OCH3 is 1. The molecule has 0 saturated carbocycles. The van der Waals surface area contributed by atoms with Gasteiger partial charge in [-0.15, -0.1) is 0 Å². The van der Waals surface area contributed by atoms with Crippen LogP contribution in [0.4, 0.5) is 0 Å². The van der Waals surface area contributed by atoms with Crippen molar-refractivity contribution in [2.45, 2.75) is 11.3 Å². The van der Waals surface area contributed by atoms with Gasteiger partial charge in [-0.3, -0.25) is 14.5 Å². The van der Waals surface area contributed by atoms with Crippen LogP contribution in [-0.4, -0.2) is 37.0 Å². The molecule has 2 aromatic carbocycles. The summed E-state index contributed by atoms with van der Waals surface area (Å²) >= 11 is 1.35. The summed E-state index contributed by atoms with van der Waals surface area (Å²) in [6.45, 7) is 0.875. The van der Waals surface area contributed by atoms with E-state index in [0.717, 1.165) is 10.5 Å². The molecule has 0 fully saturated rings. The smallest absolute Gasteiger partial charge is 0.268 e. The van der Waals surface area contributed by atoms with E-state index in [1.165, 1.54) is 16.7 Å². The lowest BCUT2D eigenvalue weighted by molar-refractivity contribution is -0.136. The van der Waals surface area contributed by atoms with Crippen LogP contribution < -0.4 is 0 Å². The van der Waals surface area contributed by atoms with Crippen molar-refractivity contribution < 1.29 is 14.3 Å². The molecule has 0 bridgehead atoms. The Morgan fingerprint density at radius 1 is 0.920 bits per heavy atom. The Morgan fingerprint density at radius 2 is 1.56 bits per heavy atom. The first-order valence-electron chi connectivity index (χ1n) is 8.10. The molecular weight excluding hydrogens is 334 g/mol. The predicted molar refractivity (Wildman–Crippen MR) is 98.9 cm³/mol. The van der Waals surface area contributed by atoms with Gasteiger partial charge in [-0.25, -0.2) is 0 Å². The highest BCUT2D eigenvalue weighted by Gasteiger charge is 2.38. The number of ether oxygens (including phenoxy) is 1. The van der Waals surface area contributed by atoms with E-state index in [1.54, 1.807) is 7.11 Å². The van der Waals surface area contributed by atoms with Crippen LogP contribution in [0.1, 0.15) is 12.0 Å². The summed E-state index contributed by atoms with van der Waals surface area (Å²) in [5, 5.41) is 0. The van der Waals surface area contributed by atoms with E-state index in [9.17, 15) is 9.59 Å². The second kappa shape index (κ2) is 8.14. The minimum absolute atomic E-state index is 0.228. The minimum atomic E-state index is -0.231. The number of thioether (sulfide) groups is 1. The number of hydrogen-bond donors (Lipinski definition) is 0. The molecule has 0 unspecified atom stereocenters. The fraction of sp³-hybridized carbons (Fsp3) is 0.200. The van der Waals surface area contributed by atoms with Gasteiger partial charge in [0.25, 0.3) is 11.8 Å². The highest BCUT2D eigenvalue weighted by atomic mass is 32.2. The summed E-state index contributed by atoms with van der Waals surface area (Å²) in [5.74, 6) is -0.459. The molecular formula is C20H19NO3S. The molecule has 1 heterocycles. The van der Waals surface area contributed by atoms with Crippen LogP contribution in [0.15, 0.2) is 70.5 Å². The number of amides is 2. The average molecular weight is 353 g/mol. The summed E-state index contributed by atoms with van der Waals surface area (Å²) in [6.07, 6.45) is 0.624. The molecule has 25 heavy (non-hydrogen) atoms. The first-order valence-corrected chi connectivity index (χ1v) is 8.91. The fourth-order valence-electron chi connectivity index (χ4n) is 2.68. The van der Waals surface area contributed by atoms with Crippen molar-refractivity contribution >= 4 is 29.1 Å². The Kier molecular flexibility index (Phi) is 5.68. The third kappa shape index (κ3) is 3.83. The Morgan fingerprint density at radius 3 is 2.20 bits per heavy atom. The highest BCUT2D eigenvalue weighted by Crippen LogP contribution is 2.39. The zero-order valence-corrected chi connectivity index (χ0v) is 14.8. The van der Waals surface area contributed by atoms with Crippen molar-refractivity contribution in [3.05, 3.63) is 71.1 Å². The molecule has 0 aliphatic carbocycles. The van der Waals surface area contributed by atoms with Crippen molar-refractivity contribution in [1.29, 1.82) is 0 Å². The number of nitrogens with zero attached hydrogens (tertiary/aromatic N) is 1. The summed E-state index contributed by atoms with van der Waals surface area (Å²) in [7, 11) is 1.61. The SMILES string of the molecule is COCCCN1C(=O)C(Sc2ccccc2)=C(c2ccccc2)C1=O. The quantitative estimate of drug-likeness (QED) is 0.564. The summed E-state index contributed by atoms with van der Waals surface area (Å²) in [4.78, 5) is 28.5. The van der Waals surface area contributed by atoms with Crippen molar-refractivity contribution in [2.24, 2.45) is 0 Å². The molecule has 1 aliphatic heterocycles. The number of benzene rings is 2. The lowest BCUT2D eigenvalue weighted by Gasteiger charge is -2.14. The highest BCUT2D eigenvalue weighted by molar-refractivity contribution is 8.04. The van der Waals surface area contributed by atoms with Gasteiger partial charge in [-0.2, -0.15) is 0 Å². The topological polar surface area (TPSA) is 46.6 Å². The standard InChI is InChI=1S/C20H19NO3S/c1-24-14-8-13-21-19(22)17(15-9-4-2-5-10-15)18(20(21)23)25-16-11-6-3-7-12-16/h2-7,9-12H,8,13-14H2,1H3. The van der Waals surface area contributed by atoms with E-state index in [-0.39, 0.29) is 11.8 Å². The van der Waals surface area contributed by atoms with Crippen molar-refractivity contribution in [1.82, 2.24) is 4.90 Å². The maximum Gasteiger partial charge on any atom is 0.268 e. The molecule has 3 rings (SSSR count). The van der Waals surface area contributed by atoms with E-state index in [1.807, 2.05) is 60.7 Å². The van der Waals surface area contributed by atoms with Gasteiger partial charge in [0.15, 0.2) is 0 Å². The monoisotopic (exact) mass is 353 g/mol. The van der Waals surface area contributed by atoms with E-state index in [4.69, 9.17) is 4.74 Å². The van der Waals surface area contributed by atoms with Crippen LogP contribution in [0.25, 0.3) is 5.57 Å². The number of rotatable bonds is 7. The van der Waals surface area contributed by atoms with Crippen LogP contribution in [0.5, 0.6) is 0 Å². The van der Waals surface area contributed by atoms with Gasteiger partial charge in [-0.1, -0.05) is 60.3 Å². The van der Waals surface area contributed by atoms with Gasteiger partial charge in [0.1, 0.15) is 0 Å². The van der Waals surface area contributed by atoms with Crippen molar-refractivity contribution in [2.75, 3.05) is 20.3 Å². The number of hydrogen-bond acceptors (Lipinski definition) is 4. The fourth-order valence-corrected chi connectivity index (χ4v) is 3.72. The minimum Gasteiger partial charge on any atom is -0.385 e. The van der Waals surface area contributed by atoms with E-state index >= 15 is 0 Å². The predicted octanol–water partition coefficient (Wildman–Crippen LogP) is 3.60. The lowest BCUT2D eigenvalue weighted by Crippen LogP contribution is -2.33. The maximum atomic E-state index is 12.9. The molecule has 0 atom stereocenters. The van der Waals surface area contributed by atoms with Crippen LogP contribution in [0, 0.1) is 0 Å². The summed E-state index contributed by atoms with van der Waals surface area (Å²) in [6, 6.07) is 19.0. The zero-order chi connectivity index (χ0) is 17.6. The molecule has 2 amide bonds. The van der Waals surface area contributed by atoms with Crippen LogP contribution in [-0.2, 0) is 14.3 Å². The van der Waals surface area contributed by atoms with Crippen LogP contribution in [0.2, 0.25) is 0 Å². The van der Waals surface area contributed by atoms with Gasteiger partial charge < -0.3 is 4.74 Å². The summed E-state index contributed by atoms with van der Waals surface area (Å²) in [5.41, 5.74) is 1.25. The average Bonchev–Trinajstić information content (AvgIpc) is 2.88. The normalized spacial score (nSPS) is 14.5. The van der Waals surface area contributed by atoms with Gasteiger partial charge >= 0.3 is 0 Å². The third-order valence-electron chi connectivity index (χ3n) is 3.88. The van der Waals surface area contributed by atoms with Gasteiger partial charge in [0.2, 0.25) is 0 Å². The second-order valence-electron chi connectivity index (χ2n) is 5.59. The number of imide groups is 1. The molecule has 128 valence electrons. The van der Waals surface area contributed by atoms with E-state index in [0.29, 0.717) is 30.1 Å². The number of carbonyl (C=O) groups excluding carboxylic acids is 2. The Balaban J connectivity index is 1.96. The molecule has 0 N–H and O–H groups in total. The Labute approximate surface area is 151 Å².